The molecule has 5 nitrogen and oxygen atoms in total. The molecule has 5 heteroatoms. The first-order chi connectivity index (χ1) is 16.0. The summed E-state index contributed by atoms with van der Waals surface area (Å²) in [6.07, 6.45) is 5.46. The standard InChI is InChI=1S/C28H25NO4/c1-19(2)32-22-17-15-21(16-18-22)27(30)23(28-29-24-12-5-7-14-26(24)33-28)11-8-10-20-9-4-6-13-25(20)31-3/h4-19H,1-3H3/b10-8+,23-11-. The van der Waals surface area contributed by atoms with Gasteiger partial charge in [-0.2, -0.15) is 0 Å². The Morgan fingerprint density at radius 1 is 0.970 bits per heavy atom. The Kier molecular flexibility index (Phi) is 6.69. The van der Waals surface area contributed by atoms with Gasteiger partial charge in [-0.15, -0.1) is 0 Å². The second kappa shape index (κ2) is 10.0. The Balaban J connectivity index is 1.71. The van der Waals surface area contributed by atoms with Gasteiger partial charge in [-0.25, -0.2) is 4.98 Å². The zero-order valence-electron chi connectivity index (χ0n) is 18.8. The maximum Gasteiger partial charge on any atom is 0.231 e. The van der Waals surface area contributed by atoms with Gasteiger partial charge in [-0.3, -0.25) is 4.79 Å². The van der Waals surface area contributed by atoms with Crippen molar-refractivity contribution in [3.63, 3.8) is 0 Å². The van der Waals surface area contributed by atoms with E-state index in [1.807, 2.05) is 68.5 Å². The van der Waals surface area contributed by atoms with Gasteiger partial charge in [0.2, 0.25) is 5.89 Å². The summed E-state index contributed by atoms with van der Waals surface area (Å²) < 4.78 is 17.0. The molecule has 3 aromatic carbocycles. The highest BCUT2D eigenvalue weighted by Gasteiger charge is 2.19. The highest BCUT2D eigenvalue weighted by molar-refractivity contribution is 6.28. The maximum absolute atomic E-state index is 13.5. The van der Waals surface area contributed by atoms with Crippen molar-refractivity contribution >= 4 is 28.5 Å². The lowest BCUT2D eigenvalue weighted by molar-refractivity contribution is 0.105. The minimum atomic E-state index is -0.192. The van der Waals surface area contributed by atoms with Gasteiger partial charge < -0.3 is 13.9 Å². The molecule has 0 unspecified atom stereocenters. The number of nitrogens with zero attached hydrogens (tertiary/aromatic N) is 1. The first kappa shape index (κ1) is 22.1. The molecule has 0 aliphatic carbocycles. The number of hydrogen-bond acceptors (Lipinski definition) is 5. The molecule has 0 spiro atoms. The lowest BCUT2D eigenvalue weighted by Crippen LogP contribution is -2.06. The lowest BCUT2D eigenvalue weighted by atomic mass is 10.0. The van der Waals surface area contributed by atoms with Crippen molar-refractivity contribution in [2.45, 2.75) is 20.0 Å². The Hall–Kier alpha value is -4.12. The lowest BCUT2D eigenvalue weighted by Gasteiger charge is -2.10. The molecule has 0 aliphatic rings. The van der Waals surface area contributed by atoms with E-state index < -0.39 is 0 Å². The molecule has 0 atom stereocenters. The number of ether oxygens (including phenoxy) is 2. The van der Waals surface area contributed by atoms with Crippen molar-refractivity contribution in [3.05, 3.63) is 102 Å². The number of carbonyl (C=O) groups excluding carboxylic acids is 1. The number of Topliss-reactive ketones (excluding diaryl/α,β-unsaturated/α-hetero) is 1. The molecular formula is C28H25NO4. The number of oxazole rings is 1. The van der Waals surface area contributed by atoms with Crippen LogP contribution in [0.25, 0.3) is 22.7 Å². The fourth-order valence-corrected chi connectivity index (χ4v) is 3.40. The number of aromatic nitrogens is 1. The number of rotatable bonds is 8. The minimum absolute atomic E-state index is 0.0573. The van der Waals surface area contributed by atoms with E-state index in [4.69, 9.17) is 13.9 Å². The van der Waals surface area contributed by atoms with Crippen LogP contribution in [0.4, 0.5) is 0 Å². The number of para-hydroxylation sites is 3. The largest absolute Gasteiger partial charge is 0.496 e. The quantitative estimate of drug-likeness (QED) is 0.176. The molecule has 0 saturated heterocycles. The van der Waals surface area contributed by atoms with Crippen molar-refractivity contribution in [3.8, 4) is 11.5 Å². The molecule has 166 valence electrons. The molecule has 0 amide bonds. The molecule has 0 radical (unpaired) electrons. The van der Waals surface area contributed by atoms with Gasteiger partial charge in [0, 0.05) is 11.1 Å². The van der Waals surface area contributed by atoms with Crippen molar-refractivity contribution in [2.24, 2.45) is 0 Å². The van der Waals surface area contributed by atoms with Gasteiger partial charge in [0.15, 0.2) is 11.4 Å². The SMILES string of the molecule is COc1ccccc1/C=C/C=C(/C(=O)c1ccc(OC(C)C)cc1)c1nc2ccccc2o1. The van der Waals surface area contributed by atoms with Gasteiger partial charge in [-0.1, -0.05) is 42.5 Å². The van der Waals surface area contributed by atoms with E-state index in [0.717, 1.165) is 11.3 Å². The smallest absolute Gasteiger partial charge is 0.231 e. The number of allylic oxidation sites excluding steroid dienone is 3. The molecule has 0 bridgehead atoms. The van der Waals surface area contributed by atoms with Crippen molar-refractivity contribution in [2.75, 3.05) is 7.11 Å². The van der Waals surface area contributed by atoms with E-state index in [9.17, 15) is 4.79 Å². The molecule has 0 aliphatic heterocycles. The predicted molar refractivity (Wildman–Crippen MR) is 131 cm³/mol. The number of benzene rings is 3. The fraction of sp³-hybridized carbons (Fsp3) is 0.143. The topological polar surface area (TPSA) is 61.6 Å². The van der Waals surface area contributed by atoms with Crippen molar-refractivity contribution in [1.82, 2.24) is 4.98 Å². The maximum atomic E-state index is 13.5. The number of carbonyl (C=O) groups is 1. The minimum Gasteiger partial charge on any atom is -0.496 e. The van der Waals surface area contributed by atoms with E-state index >= 15 is 0 Å². The average molecular weight is 440 g/mol. The number of ketones is 1. The number of fused-ring (bicyclic) bond motifs is 1. The summed E-state index contributed by atoms with van der Waals surface area (Å²) >= 11 is 0. The highest BCUT2D eigenvalue weighted by Crippen LogP contribution is 2.26. The van der Waals surface area contributed by atoms with Crippen LogP contribution in [0.1, 0.15) is 35.7 Å². The molecular weight excluding hydrogens is 414 g/mol. The zero-order valence-corrected chi connectivity index (χ0v) is 18.8. The molecule has 4 rings (SSSR count). The normalized spacial score (nSPS) is 11.9. The monoisotopic (exact) mass is 439 g/mol. The molecule has 33 heavy (non-hydrogen) atoms. The van der Waals surface area contributed by atoms with Crippen LogP contribution in [0.15, 0.2) is 89.4 Å². The Labute approximate surface area is 193 Å². The molecule has 1 aromatic heterocycles. The van der Waals surface area contributed by atoms with Crippen LogP contribution in [0, 0.1) is 0 Å². The summed E-state index contributed by atoms with van der Waals surface area (Å²) in [5, 5.41) is 0. The Morgan fingerprint density at radius 3 is 2.42 bits per heavy atom. The Bertz CT molecular complexity index is 1280. The molecule has 0 N–H and O–H groups in total. The summed E-state index contributed by atoms with van der Waals surface area (Å²) in [4.78, 5) is 18.0. The first-order valence-electron chi connectivity index (χ1n) is 10.7. The van der Waals surface area contributed by atoms with E-state index in [2.05, 4.69) is 4.98 Å². The van der Waals surface area contributed by atoms with Crippen molar-refractivity contribution in [1.29, 1.82) is 0 Å². The summed E-state index contributed by atoms with van der Waals surface area (Å²) in [6, 6.07) is 22.2. The third-order valence-corrected chi connectivity index (χ3v) is 4.93. The summed E-state index contributed by atoms with van der Waals surface area (Å²) in [5.74, 6) is 1.54. The van der Waals surface area contributed by atoms with E-state index in [-0.39, 0.29) is 17.8 Å². The fourth-order valence-electron chi connectivity index (χ4n) is 3.40. The van der Waals surface area contributed by atoms with Crippen LogP contribution >= 0.6 is 0 Å². The van der Waals surface area contributed by atoms with Crippen LogP contribution in [-0.4, -0.2) is 24.0 Å². The van der Waals surface area contributed by atoms with Crippen molar-refractivity contribution < 1.29 is 18.7 Å². The predicted octanol–water partition coefficient (Wildman–Crippen LogP) is 6.60. The van der Waals surface area contributed by atoms with Gasteiger partial charge in [0.05, 0.1) is 18.8 Å². The third-order valence-electron chi connectivity index (χ3n) is 4.93. The molecule has 4 aromatic rings. The van der Waals surface area contributed by atoms with E-state index in [1.165, 1.54) is 0 Å². The van der Waals surface area contributed by atoms with Crippen LogP contribution < -0.4 is 9.47 Å². The second-order valence-corrected chi connectivity index (χ2v) is 7.69. The third kappa shape index (κ3) is 5.21. The number of hydrogen-bond donors (Lipinski definition) is 0. The van der Waals surface area contributed by atoms with Gasteiger partial charge in [0.1, 0.15) is 17.0 Å². The van der Waals surface area contributed by atoms with Gasteiger partial charge in [0.25, 0.3) is 0 Å². The summed E-state index contributed by atoms with van der Waals surface area (Å²) in [6.45, 7) is 3.92. The van der Waals surface area contributed by atoms with E-state index in [0.29, 0.717) is 28.0 Å². The summed E-state index contributed by atoms with van der Waals surface area (Å²) in [5.41, 5.74) is 3.09. The van der Waals surface area contributed by atoms with Gasteiger partial charge in [-0.05, 0) is 62.4 Å². The second-order valence-electron chi connectivity index (χ2n) is 7.69. The zero-order chi connectivity index (χ0) is 23.2. The van der Waals surface area contributed by atoms with E-state index in [1.54, 1.807) is 43.5 Å². The average Bonchev–Trinajstić information content (AvgIpc) is 3.25. The highest BCUT2D eigenvalue weighted by atomic mass is 16.5. The van der Waals surface area contributed by atoms with Crippen LogP contribution in [-0.2, 0) is 0 Å². The molecule has 1 heterocycles. The Morgan fingerprint density at radius 2 is 1.70 bits per heavy atom. The first-order valence-corrected chi connectivity index (χ1v) is 10.7. The summed E-state index contributed by atoms with van der Waals surface area (Å²) in [7, 11) is 1.63. The van der Waals surface area contributed by atoms with Gasteiger partial charge >= 0.3 is 0 Å². The van der Waals surface area contributed by atoms with Crippen LogP contribution in [0.2, 0.25) is 0 Å². The number of methoxy groups -OCH3 is 1. The molecule has 0 saturated carbocycles. The molecule has 0 fully saturated rings. The van der Waals surface area contributed by atoms with Crippen LogP contribution in [0.5, 0.6) is 11.5 Å². The van der Waals surface area contributed by atoms with Crippen LogP contribution in [0.3, 0.4) is 0 Å².